The summed E-state index contributed by atoms with van der Waals surface area (Å²) in [5.41, 5.74) is 1.76. The monoisotopic (exact) mass is 212 g/mol. The smallest absolute Gasteiger partial charge is 0.342 e. The zero-order valence-corrected chi connectivity index (χ0v) is 8.29. The largest absolute Gasteiger partial charge is 0.353 e. The summed E-state index contributed by atoms with van der Waals surface area (Å²) >= 11 is 0. The van der Waals surface area contributed by atoms with Crippen LogP contribution in [0.5, 0.6) is 0 Å². The van der Waals surface area contributed by atoms with Crippen LogP contribution in [0.15, 0.2) is 47.7 Å². The molecule has 0 atom stereocenters. The Morgan fingerprint density at radius 1 is 1.12 bits per heavy atom. The van der Waals surface area contributed by atoms with Crippen molar-refractivity contribution in [2.24, 2.45) is 0 Å². The molecule has 0 radical (unpaired) electrons. The molecule has 0 saturated carbocycles. The van der Waals surface area contributed by atoms with Gasteiger partial charge in [-0.1, -0.05) is 18.2 Å². The van der Waals surface area contributed by atoms with Crippen molar-refractivity contribution < 1.29 is 0 Å². The molecule has 1 aromatic carbocycles. The van der Waals surface area contributed by atoms with Crippen molar-refractivity contribution in [2.75, 3.05) is 0 Å². The molecule has 0 unspecified atom stereocenters. The maximum atomic E-state index is 11.7. The lowest BCUT2D eigenvalue weighted by atomic mass is 10.3. The normalized spacial score (nSPS) is 10.8. The van der Waals surface area contributed by atoms with E-state index in [4.69, 9.17) is 0 Å². The molecule has 2 aromatic heterocycles. The second-order valence-corrected chi connectivity index (χ2v) is 3.35. The van der Waals surface area contributed by atoms with Crippen molar-refractivity contribution in [1.29, 1.82) is 0 Å². The minimum atomic E-state index is -0.328. The van der Waals surface area contributed by atoms with E-state index >= 15 is 0 Å². The summed E-state index contributed by atoms with van der Waals surface area (Å²) in [6.07, 6.45) is 3.04. The lowest BCUT2D eigenvalue weighted by molar-refractivity contribution is 0.946. The number of nitrogens with one attached hydrogen (secondary N) is 1. The molecule has 0 aliphatic rings. The Morgan fingerprint density at radius 3 is 2.75 bits per heavy atom. The molecular formula is C11H8N4O. The number of imidazole rings is 1. The Bertz CT molecular complexity index is 684. The topological polar surface area (TPSA) is 63.6 Å². The highest BCUT2D eigenvalue weighted by molar-refractivity contribution is 5.71. The molecule has 0 amide bonds. The summed E-state index contributed by atoms with van der Waals surface area (Å²) in [4.78, 5) is 22.6. The van der Waals surface area contributed by atoms with Gasteiger partial charge in [-0.3, -0.25) is 0 Å². The lowest BCUT2D eigenvalue weighted by Crippen LogP contribution is -2.21. The molecule has 3 rings (SSSR count). The van der Waals surface area contributed by atoms with Crippen molar-refractivity contribution in [3.8, 4) is 5.69 Å². The van der Waals surface area contributed by atoms with E-state index in [0.29, 0.717) is 5.65 Å². The van der Waals surface area contributed by atoms with Crippen LogP contribution in [0.1, 0.15) is 0 Å². The predicted octanol–water partition coefficient (Wildman–Crippen LogP) is 1.11. The quantitative estimate of drug-likeness (QED) is 0.657. The first-order valence-corrected chi connectivity index (χ1v) is 4.83. The molecule has 0 bridgehead atoms. The summed E-state index contributed by atoms with van der Waals surface area (Å²) in [6, 6.07) is 9.32. The van der Waals surface area contributed by atoms with Gasteiger partial charge in [-0.05, 0) is 12.1 Å². The maximum absolute atomic E-state index is 11.7. The molecule has 2 heterocycles. The Morgan fingerprint density at radius 2 is 1.94 bits per heavy atom. The van der Waals surface area contributed by atoms with Crippen molar-refractivity contribution >= 4 is 11.2 Å². The van der Waals surface area contributed by atoms with Crippen molar-refractivity contribution in [1.82, 2.24) is 19.5 Å². The van der Waals surface area contributed by atoms with E-state index in [1.165, 1.54) is 10.8 Å². The molecule has 0 aliphatic heterocycles. The van der Waals surface area contributed by atoms with Crippen molar-refractivity contribution in [3.63, 3.8) is 0 Å². The summed E-state index contributed by atoms with van der Waals surface area (Å²) in [5.74, 6) is 0. The number of H-pyrrole nitrogens is 1. The van der Waals surface area contributed by atoms with Crippen molar-refractivity contribution in [2.45, 2.75) is 0 Å². The molecule has 0 spiro atoms. The third-order valence-electron chi connectivity index (χ3n) is 2.37. The van der Waals surface area contributed by atoms with Crippen LogP contribution in [-0.2, 0) is 0 Å². The number of benzene rings is 1. The summed E-state index contributed by atoms with van der Waals surface area (Å²) in [5, 5.41) is 0. The highest BCUT2D eigenvalue weighted by Crippen LogP contribution is 2.10. The Labute approximate surface area is 90.4 Å². The second-order valence-electron chi connectivity index (χ2n) is 3.35. The van der Waals surface area contributed by atoms with Crippen LogP contribution in [0.2, 0.25) is 0 Å². The minimum Gasteiger partial charge on any atom is -0.342 e. The zero-order chi connectivity index (χ0) is 11.0. The zero-order valence-electron chi connectivity index (χ0n) is 8.29. The molecule has 0 fully saturated rings. The highest BCUT2D eigenvalue weighted by atomic mass is 16.1. The van der Waals surface area contributed by atoms with Crippen LogP contribution in [-0.4, -0.2) is 19.5 Å². The van der Waals surface area contributed by atoms with Gasteiger partial charge in [0.1, 0.15) is 5.52 Å². The predicted molar refractivity (Wildman–Crippen MR) is 59.5 cm³/mol. The lowest BCUT2D eigenvalue weighted by Gasteiger charge is -2.04. The SMILES string of the molecule is O=c1ncc2[nH]cnc2n1-c1ccccc1. The third-order valence-corrected chi connectivity index (χ3v) is 2.37. The van der Waals surface area contributed by atoms with E-state index in [0.717, 1.165) is 11.2 Å². The van der Waals surface area contributed by atoms with Gasteiger partial charge in [0.15, 0.2) is 5.65 Å². The molecule has 1 N–H and O–H groups in total. The molecule has 0 saturated heterocycles. The molecular weight excluding hydrogens is 204 g/mol. The number of rotatable bonds is 1. The van der Waals surface area contributed by atoms with Crippen LogP contribution in [0, 0.1) is 0 Å². The van der Waals surface area contributed by atoms with Gasteiger partial charge >= 0.3 is 5.69 Å². The fraction of sp³-hybridized carbons (Fsp3) is 0. The number of hydrogen-bond acceptors (Lipinski definition) is 3. The van der Waals surface area contributed by atoms with Gasteiger partial charge < -0.3 is 4.98 Å². The Balaban J connectivity index is 2.42. The molecule has 78 valence electrons. The van der Waals surface area contributed by atoms with E-state index in [2.05, 4.69) is 15.0 Å². The number of para-hydroxylation sites is 1. The number of nitrogens with zero attached hydrogens (tertiary/aromatic N) is 3. The highest BCUT2D eigenvalue weighted by Gasteiger charge is 2.07. The van der Waals surface area contributed by atoms with Crippen LogP contribution in [0.4, 0.5) is 0 Å². The third kappa shape index (κ3) is 1.22. The fourth-order valence-corrected chi connectivity index (χ4v) is 1.65. The van der Waals surface area contributed by atoms with Crippen LogP contribution in [0.3, 0.4) is 0 Å². The van der Waals surface area contributed by atoms with Gasteiger partial charge in [0.05, 0.1) is 18.2 Å². The minimum absolute atomic E-state index is 0.328. The van der Waals surface area contributed by atoms with E-state index in [9.17, 15) is 4.79 Å². The van der Waals surface area contributed by atoms with Gasteiger partial charge in [0.25, 0.3) is 0 Å². The van der Waals surface area contributed by atoms with E-state index < -0.39 is 0 Å². The van der Waals surface area contributed by atoms with Crippen LogP contribution < -0.4 is 5.69 Å². The average Bonchev–Trinajstić information content (AvgIpc) is 2.78. The van der Waals surface area contributed by atoms with Gasteiger partial charge in [-0.2, -0.15) is 4.98 Å². The number of aromatic nitrogens is 4. The van der Waals surface area contributed by atoms with Crippen molar-refractivity contribution in [3.05, 3.63) is 53.3 Å². The standard InChI is InChI=1S/C11H8N4O/c16-11-12-6-9-10(14-7-13-9)15(11)8-4-2-1-3-5-8/h1-7H,(H,13,14). The van der Waals surface area contributed by atoms with Gasteiger partial charge in [-0.25, -0.2) is 14.3 Å². The fourth-order valence-electron chi connectivity index (χ4n) is 1.65. The number of fused-ring (bicyclic) bond motifs is 1. The van der Waals surface area contributed by atoms with Crippen LogP contribution in [0.25, 0.3) is 16.9 Å². The molecule has 16 heavy (non-hydrogen) atoms. The average molecular weight is 212 g/mol. The van der Waals surface area contributed by atoms with E-state index in [1.54, 1.807) is 6.33 Å². The van der Waals surface area contributed by atoms with E-state index in [-0.39, 0.29) is 5.69 Å². The second kappa shape index (κ2) is 3.30. The summed E-state index contributed by atoms with van der Waals surface area (Å²) in [6.45, 7) is 0. The number of aromatic amines is 1. The van der Waals surface area contributed by atoms with Crippen LogP contribution >= 0.6 is 0 Å². The first kappa shape index (κ1) is 8.84. The summed E-state index contributed by atoms with van der Waals surface area (Å²) < 4.78 is 1.48. The number of hydrogen-bond donors (Lipinski definition) is 1. The Hall–Kier alpha value is -2.43. The molecule has 5 nitrogen and oxygen atoms in total. The van der Waals surface area contributed by atoms with E-state index in [1.807, 2.05) is 30.3 Å². The first-order valence-electron chi connectivity index (χ1n) is 4.83. The Kier molecular flexibility index (Phi) is 1.83. The summed E-state index contributed by atoms with van der Waals surface area (Å²) in [7, 11) is 0. The molecule has 3 aromatic rings. The van der Waals surface area contributed by atoms with Gasteiger partial charge in [0.2, 0.25) is 0 Å². The maximum Gasteiger partial charge on any atom is 0.353 e. The first-order chi connectivity index (χ1) is 7.86. The molecule has 0 aliphatic carbocycles. The molecule has 5 heteroatoms. The van der Waals surface area contributed by atoms with Gasteiger partial charge in [0, 0.05) is 0 Å². The van der Waals surface area contributed by atoms with Gasteiger partial charge in [-0.15, -0.1) is 0 Å².